The van der Waals surface area contributed by atoms with Crippen LogP contribution in [0.3, 0.4) is 0 Å². The zero-order valence-corrected chi connectivity index (χ0v) is 15.7. The number of aromatic nitrogens is 2. The Morgan fingerprint density at radius 3 is 2.36 bits per heavy atom. The number of para-hydroxylation sites is 1. The molecule has 1 N–H and O–H groups in total. The lowest BCUT2D eigenvalue weighted by molar-refractivity contribution is 0.102. The summed E-state index contributed by atoms with van der Waals surface area (Å²) in [5, 5.41) is 12.4. The Balaban J connectivity index is 1.42. The van der Waals surface area contributed by atoms with E-state index in [4.69, 9.17) is 4.74 Å². The number of ether oxygens (including phenoxy) is 1. The first kappa shape index (κ1) is 17.9. The van der Waals surface area contributed by atoms with Crippen LogP contribution in [0.5, 0.6) is 11.5 Å². The lowest BCUT2D eigenvalue weighted by Crippen LogP contribution is -2.11. The molecule has 0 saturated carbocycles. The van der Waals surface area contributed by atoms with Crippen LogP contribution in [0.25, 0.3) is 0 Å². The average Bonchev–Trinajstić information content (AvgIpc) is 3.16. The molecule has 6 heteroatoms. The first-order chi connectivity index (χ1) is 13.8. The van der Waals surface area contributed by atoms with Crippen molar-refractivity contribution in [2.45, 2.75) is 6.42 Å². The molecule has 0 unspecified atom stereocenters. The number of amides is 1. The zero-order chi connectivity index (χ0) is 19.2. The Hall–Kier alpha value is -3.51. The molecule has 0 aliphatic carbocycles. The van der Waals surface area contributed by atoms with Crippen LogP contribution in [-0.2, 0) is 6.42 Å². The fourth-order valence-electron chi connectivity index (χ4n) is 2.64. The van der Waals surface area contributed by atoms with E-state index in [2.05, 4.69) is 15.5 Å². The highest BCUT2D eigenvalue weighted by Crippen LogP contribution is 2.23. The minimum Gasteiger partial charge on any atom is -0.457 e. The highest BCUT2D eigenvalue weighted by Gasteiger charge is 2.11. The fraction of sp³-hybridized carbons (Fsp3) is 0.0455. The molecule has 0 radical (unpaired) electrons. The molecule has 0 atom stereocenters. The molecule has 0 fully saturated rings. The summed E-state index contributed by atoms with van der Waals surface area (Å²) in [4.78, 5) is 12.6. The molecule has 4 rings (SSSR count). The van der Waals surface area contributed by atoms with Gasteiger partial charge in [0.2, 0.25) is 5.13 Å². The van der Waals surface area contributed by atoms with Gasteiger partial charge in [-0.15, -0.1) is 10.2 Å². The summed E-state index contributed by atoms with van der Waals surface area (Å²) < 4.78 is 5.78. The van der Waals surface area contributed by atoms with Gasteiger partial charge in [-0.25, -0.2) is 0 Å². The van der Waals surface area contributed by atoms with Gasteiger partial charge in [-0.2, -0.15) is 0 Å². The van der Waals surface area contributed by atoms with Crippen molar-refractivity contribution in [3.05, 3.63) is 101 Å². The molecule has 28 heavy (non-hydrogen) atoms. The minimum absolute atomic E-state index is 0.249. The van der Waals surface area contributed by atoms with Gasteiger partial charge < -0.3 is 4.74 Å². The topological polar surface area (TPSA) is 64.1 Å². The number of carbonyl (C=O) groups excluding carboxylic acids is 1. The smallest absolute Gasteiger partial charge is 0.257 e. The molecule has 1 aromatic heterocycles. The zero-order valence-electron chi connectivity index (χ0n) is 14.9. The molecule has 0 bridgehead atoms. The van der Waals surface area contributed by atoms with Gasteiger partial charge in [-0.05, 0) is 35.9 Å². The van der Waals surface area contributed by atoms with Gasteiger partial charge in [0, 0.05) is 12.0 Å². The summed E-state index contributed by atoms with van der Waals surface area (Å²) in [6.07, 6.45) is 0.689. The van der Waals surface area contributed by atoms with Crippen molar-refractivity contribution in [3.63, 3.8) is 0 Å². The molecule has 0 saturated heterocycles. The summed E-state index contributed by atoms with van der Waals surface area (Å²) in [6.45, 7) is 0. The summed E-state index contributed by atoms with van der Waals surface area (Å²) in [7, 11) is 0. The van der Waals surface area contributed by atoms with Crippen molar-refractivity contribution in [1.29, 1.82) is 0 Å². The van der Waals surface area contributed by atoms with Crippen molar-refractivity contribution in [2.24, 2.45) is 0 Å². The van der Waals surface area contributed by atoms with Gasteiger partial charge in [0.1, 0.15) is 16.5 Å². The molecule has 138 valence electrons. The normalized spacial score (nSPS) is 10.4. The first-order valence-corrected chi connectivity index (χ1v) is 9.58. The molecule has 5 nitrogen and oxygen atoms in total. The van der Waals surface area contributed by atoms with Gasteiger partial charge in [0.15, 0.2) is 0 Å². The van der Waals surface area contributed by atoms with E-state index in [9.17, 15) is 4.79 Å². The predicted molar refractivity (Wildman–Crippen MR) is 110 cm³/mol. The summed E-state index contributed by atoms with van der Waals surface area (Å²) >= 11 is 1.37. The summed E-state index contributed by atoms with van der Waals surface area (Å²) in [5.74, 6) is 1.07. The highest BCUT2D eigenvalue weighted by molar-refractivity contribution is 7.15. The van der Waals surface area contributed by atoms with E-state index in [1.807, 2.05) is 66.7 Å². The van der Waals surface area contributed by atoms with Crippen molar-refractivity contribution >= 4 is 22.4 Å². The Bertz CT molecular complexity index is 1070. The van der Waals surface area contributed by atoms with E-state index in [-0.39, 0.29) is 5.91 Å². The molecule has 1 amide bonds. The van der Waals surface area contributed by atoms with Gasteiger partial charge in [0.25, 0.3) is 5.91 Å². The highest BCUT2D eigenvalue weighted by atomic mass is 32.1. The Morgan fingerprint density at radius 1 is 0.857 bits per heavy atom. The number of benzene rings is 3. The molecule has 0 aliphatic heterocycles. The summed E-state index contributed by atoms with van der Waals surface area (Å²) in [6, 6.07) is 26.5. The SMILES string of the molecule is O=C(Nc1nnc(Cc2ccccc2)s1)c1cccc(Oc2ccccc2)c1. The Kier molecular flexibility index (Phi) is 5.40. The third kappa shape index (κ3) is 4.61. The van der Waals surface area contributed by atoms with Crippen LogP contribution in [-0.4, -0.2) is 16.1 Å². The quantitative estimate of drug-likeness (QED) is 0.495. The first-order valence-electron chi connectivity index (χ1n) is 8.77. The van der Waals surface area contributed by atoms with Gasteiger partial charge in [-0.1, -0.05) is 65.9 Å². The molecule has 0 aliphatic rings. The maximum absolute atomic E-state index is 12.6. The van der Waals surface area contributed by atoms with Crippen LogP contribution in [0.4, 0.5) is 5.13 Å². The number of nitrogens with zero attached hydrogens (tertiary/aromatic N) is 2. The van der Waals surface area contributed by atoms with E-state index in [0.29, 0.717) is 22.9 Å². The lowest BCUT2D eigenvalue weighted by Gasteiger charge is -2.07. The van der Waals surface area contributed by atoms with Crippen LogP contribution in [0, 0.1) is 0 Å². The number of nitrogens with one attached hydrogen (secondary N) is 1. The number of anilines is 1. The lowest BCUT2D eigenvalue weighted by atomic mass is 10.2. The number of carbonyl (C=O) groups is 1. The van der Waals surface area contributed by atoms with Crippen molar-refractivity contribution in [3.8, 4) is 11.5 Å². The maximum Gasteiger partial charge on any atom is 0.257 e. The monoisotopic (exact) mass is 387 g/mol. The van der Waals surface area contributed by atoms with E-state index in [0.717, 1.165) is 16.3 Å². The second-order valence-electron chi connectivity index (χ2n) is 6.06. The number of hydrogen-bond acceptors (Lipinski definition) is 5. The average molecular weight is 387 g/mol. The molecule has 1 heterocycles. The van der Waals surface area contributed by atoms with Gasteiger partial charge in [0.05, 0.1) is 0 Å². The standard InChI is InChI=1S/C22H17N3O2S/c26-21(17-10-7-13-19(15-17)27-18-11-5-2-6-12-18)23-22-25-24-20(28-22)14-16-8-3-1-4-9-16/h1-13,15H,14H2,(H,23,25,26). The molecule has 0 spiro atoms. The Labute approximate surface area is 166 Å². The Morgan fingerprint density at radius 2 is 1.57 bits per heavy atom. The maximum atomic E-state index is 12.6. The van der Waals surface area contributed by atoms with Crippen LogP contribution < -0.4 is 10.1 Å². The molecular formula is C22H17N3O2S. The van der Waals surface area contributed by atoms with Crippen LogP contribution in [0.2, 0.25) is 0 Å². The van der Waals surface area contributed by atoms with Crippen molar-refractivity contribution < 1.29 is 9.53 Å². The van der Waals surface area contributed by atoms with Gasteiger partial charge >= 0.3 is 0 Å². The van der Waals surface area contributed by atoms with E-state index < -0.39 is 0 Å². The molecule has 3 aromatic carbocycles. The van der Waals surface area contributed by atoms with E-state index in [1.54, 1.807) is 18.2 Å². The van der Waals surface area contributed by atoms with Crippen molar-refractivity contribution in [1.82, 2.24) is 10.2 Å². The third-order valence-corrected chi connectivity index (χ3v) is 4.80. The number of rotatable bonds is 6. The van der Waals surface area contributed by atoms with E-state index >= 15 is 0 Å². The fourth-order valence-corrected chi connectivity index (χ4v) is 3.41. The number of hydrogen-bond donors (Lipinski definition) is 1. The van der Waals surface area contributed by atoms with Crippen LogP contribution >= 0.6 is 11.3 Å². The largest absolute Gasteiger partial charge is 0.457 e. The van der Waals surface area contributed by atoms with Crippen molar-refractivity contribution in [2.75, 3.05) is 5.32 Å². The summed E-state index contributed by atoms with van der Waals surface area (Å²) in [5.41, 5.74) is 1.65. The third-order valence-electron chi connectivity index (χ3n) is 3.96. The molecule has 4 aromatic rings. The van der Waals surface area contributed by atoms with Crippen LogP contribution in [0.1, 0.15) is 20.9 Å². The van der Waals surface area contributed by atoms with Gasteiger partial charge in [-0.3, -0.25) is 10.1 Å². The second-order valence-corrected chi connectivity index (χ2v) is 7.12. The predicted octanol–water partition coefficient (Wildman–Crippen LogP) is 5.17. The minimum atomic E-state index is -0.249. The molecular weight excluding hydrogens is 370 g/mol. The second kappa shape index (κ2) is 8.45. The van der Waals surface area contributed by atoms with E-state index in [1.165, 1.54) is 11.3 Å². The van der Waals surface area contributed by atoms with Crippen LogP contribution in [0.15, 0.2) is 84.9 Å².